The van der Waals surface area contributed by atoms with Crippen molar-refractivity contribution < 1.29 is 4.79 Å². The quantitative estimate of drug-likeness (QED) is 0.769. The van der Waals surface area contributed by atoms with Crippen LogP contribution in [0, 0.1) is 13.8 Å². The van der Waals surface area contributed by atoms with Crippen molar-refractivity contribution in [2.45, 2.75) is 32.7 Å². The van der Waals surface area contributed by atoms with E-state index in [4.69, 9.17) is 0 Å². The number of anilines is 1. The van der Waals surface area contributed by atoms with Crippen LogP contribution >= 0.6 is 0 Å². The van der Waals surface area contributed by atoms with Crippen molar-refractivity contribution in [2.24, 2.45) is 0 Å². The molecular formula is C19H20N2O. The first-order chi connectivity index (χ1) is 10.6. The minimum Gasteiger partial charge on any atom is -0.346 e. The van der Waals surface area contributed by atoms with Gasteiger partial charge in [0.05, 0.1) is 5.69 Å². The molecule has 3 nitrogen and oxygen atoms in total. The smallest absolute Gasteiger partial charge is 0.258 e. The van der Waals surface area contributed by atoms with Crippen molar-refractivity contribution in [3.63, 3.8) is 0 Å². The van der Waals surface area contributed by atoms with E-state index in [1.807, 2.05) is 31.3 Å². The molecular weight excluding hydrogens is 272 g/mol. The van der Waals surface area contributed by atoms with Crippen LogP contribution in [0.15, 0.2) is 30.3 Å². The maximum Gasteiger partial charge on any atom is 0.258 e. The molecule has 4 rings (SSSR count). The molecule has 0 atom stereocenters. The minimum absolute atomic E-state index is 0.0809. The number of nitrogens with zero attached hydrogens (tertiary/aromatic N) is 2. The number of benzene rings is 1. The fourth-order valence-electron chi connectivity index (χ4n) is 3.54. The number of hydrogen-bond acceptors (Lipinski definition) is 1. The summed E-state index contributed by atoms with van der Waals surface area (Å²) in [6.45, 7) is 4.32. The molecule has 112 valence electrons. The van der Waals surface area contributed by atoms with Crippen LogP contribution in [0.1, 0.15) is 41.4 Å². The molecule has 1 aliphatic heterocycles. The van der Waals surface area contributed by atoms with Crippen LogP contribution in [0.5, 0.6) is 0 Å². The fourth-order valence-corrected chi connectivity index (χ4v) is 3.54. The van der Waals surface area contributed by atoms with Gasteiger partial charge in [-0.2, -0.15) is 0 Å². The number of likely N-dealkylation sites (N-methyl/N-ethyl adjacent to an activating group) is 1. The Hall–Kier alpha value is -2.29. The molecule has 0 unspecified atom stereocenters. The van der Waals surface area contributed by atoms with Gasteiger partial charge in [0.1, 0.15) is 0 Å². The van der Waals surface area contributed by atoms with Crippen LogP contribution in [0.4, 0.5) is 5.69 Å². The molecule has 1 saturated carbocycles. The second-order valence-electron chi connectivity index (χ2n) is 6.37. The Kier molecular flexibility index (Phi) is 2.80. The molecule has 0 bridgehead atoms. The molecule has 0 N–H and O–H groups in total. The third-order valence-electron chi connectivity index (χ3n) is 4.83. The molecule has 2 heterocycles. The summed E-state index contributed by atoms with van der Waals surface area (Å²) in [5.74, 6) is 0.0809. The average Bonchev–Trinajstić information content (AvgIpc) is 3.26. The van der Waals surface area contributed by atoms with Crippen molar-refractivity contribution in [1.82, 2.24) is 4.57 Å². The van der Waals surface area contributed by atoms with Gasteiger partial charge in [0.2, 0.25) is 0 Å². The number of rotatable bonds is 2. The maximum absolute atomic E-state index is 12.6. The standard InChI is InChI=1S/C19H20N2O/c1-12-10-14(13(2)21(12)15-8-9-15)11-17-16-6-4-5-7-18(16)20(3)19(17)22/h4-7,10-11,15H,8-9H2,1-3H3. The van der Waals surface area contributed by atoms with Gasteiger partial charge in [-0.15, -0.1) is 0 Å². The van der Waals surface area contributed by atoms with Gasteiger partial charge in [0, 0.05) is 35.6 Å². The van der Waals surface area contributed by atoms with Gasteiger partial charge in [-0.05, 0) is 50.5 Å². The number of aromatic nitrogens is 1. The lowest BCUT2D eigenvalue weighted by molar-refractivity contribution is -0.112. The highest BCUT2D eigenvalue weighted by Gasteiger charge is 2.30. The lowest BCUT2D eigenvalue weighted by atomic mass is 10.0. The predicted octanol–water partition coefficient (Wildman–Crippen LogP) is 3.96. The Morgan fingerprint density at radius 1 is 1.18 bits per heavy atom. The second-order valence-corrected chi connectivity index (χ2v) is 6.37. The minimum atomic E-state index is 0.0809. The molecule has 1 amide bonds. The van der Waals surface area contributed by atoms with Crippen LogP contribution in [0.2, 0.25) is 0 Å². The molecule has 0 radical (unpaired) electrons. The monoisotopic (exact) mass is 292 g/mol. The van der Waals surface area contributed by atoms with E-state index in [0.717, 1.165) is 22.4 Å². The molecule has 1 fully saturated rings. The highest BCUT2D eigenvalue weighted by Crippen LogP contribution is 2.40. The van der Waals surface area contributed by atoms with Crippen molar-refractivity contribution in [2.75, 3.05) is 11.9 Å². The van der Waals surface area contributed by atoms with Crippen LogP contribution < -0.4 is 4.90 Å². The van der Waals surface area contributed by atoms with Gasteiger partial charge in [0.25, 0.3) is 5.91 Å². The Labute approximate surface area is 130 Å². The first-order valence-corrected chi connectivity index (χ1v) is 7.85. The Morgan fingerprint density at radius 3 is 2.64 bits per heavy atom. The second kappa shape index (κ2) is 4.60. The molecule has 1 aromatic carbocycles. The third-order valence-corrected chi connectivity index (χ3v) is 4.83. The van der Waals surface area contributed by atoms with Crippen LogP contribution in [-0.4, -0.2) is 17.5 Å². The summed E-state index contributed by atoms with van der Waals surface area (Å²) < 4.78 is 2.42. The lowest BCUT2D eigenvalue weighted by Crippen LogP contribution is -2.20. The number of para-hydroxylation sites is 1. The first-order valence-electron chi connectivity index (χ1n) is 7.85. The molecule has 0 spiro atoms. The van der Waals surface area contributed by atoms with Gasteiger partial charge < -0.3 is 9.47 Å². The van der Waals surface area contributed by atoms with E-state index >= 15 is 0 Å². The number of hydrogen-bond donors (Lipinski definition) is 0. The summed E-state index contributed by atoms with van der Waals surface area (Å²) in [6, 6.07) is 10.9. The van der Waals surface area contributed by atoms with E-state index in [-0.39, 0.29) is 5.91 Å². The first kappa shape index (κ1) is 13.4. The summed E-state index contributed by atoms with van der Waals surface area (Å²) in [5.41, 5.74) is 6.55. The maximum atomic E-state index is 12.6. The van der Waals surface area contributed by atoms with Gasteiger partial charge in [-0.1, -0.05) is 18.2 Å². The zero-order valence-electron chi connectivity index (χ0n) is 13.3. The largest absolute Gasteiger partial charge is 0.346 e. The Bertz CT molecular complexity index is 809. The molecule has 3 heteroatoms. The van der Waals surface area contributed by atoms with E-state index < -0.39 is 0 Å². The zero-order chi connectivity index (χ0) is 15.4. The highest BCUT2D eigenvalue weighted by atomic mass is 16.2. The molecule has 1 aliphatic carbocycles. The van der Waals surface area contributed by atoms with Gasteiger partial charge in [-0.25, -0.2) is 0 Å². The SMILES string of the molecule is Cc1cc(C=C2C(=O)N(C)c3ccccc32)c(C)n1C1CC1. The Balaban J connectivity index is 1.84. The lowest BCUT2D eigenvalue weighted by Gasteiger charge is -2.08. The number of aryl methyl sites for hydroxylation is 1. The van der Waals surface area contributed by atoms with E-state index in [1.165, 1.54) is 24.2 Å². The zero-order valence-corrected chi connectivity index (χ0v) is 13.3. The predicted molar refractivity (Wildman–Crippen MR) is 89.9 cm³/mol. The number of carbonyl (C=O) groups is 1. The molecule has 0 saturated heterocycles. The van der Waals surface area contributed by atoms with Crippen molar-refractivity contribution >= 4 is 23.2 Å². The van der Waals surface area contributed by atoms with Crippen LogP contribution in [-0.2, 0) is 4.79 Å². The summed E-state index contributed by atoms with van der Waals surface area (Å²) in [6.07, 6.45) is 4.61. The third kappa shape index (κ3) is 1.85. The number of carbonyl (C=O) groups excluding carboxylic acids is 1. The number of fused-ring (bicyclic) bond motifs is 1. The highest BCUT2D eigenvalue weighted by molar-refractivity contribution is 6.35. The summed E-state index contributed by atoms with van der Waals surface area (Å²) in [5, 5.41) is 0. The van der Waals surface area contributed by atoms with Gasteiger partial charge in [0.15, 0.2) is 0 Å². The summed E-state index contributed by atoms with van der Waals surface area (Å²) in [7, 11) is 1.84. The topological polar surface area (TPSA) is 25.2 Å². The molecule has 1 aromatic heterocycles. The van der Waals surface area contributed by atoms with E-state index in [9.17, 15) is 4.79 Å². The Morgan fingerprint density at radius 2 is 1.91 bits per heavy atom. The van der Waals surface area contributed by atoms with Crippen molar-refractivity contribution in [3.05, 3.63) is 52.8 Å². The number of amides is 1. The summed E-state index contributed by atoms with van der Waals surface area (Å²) in [4.78, 5) is 14.3. The van der Waals surface area contributed by atoms with E-state index in [0.29, 0.717) is 6.04 Å². The van der Waals surface area contributed by atoms with E-state index in [2.05, 4.69) is 30.6 Å². The van der Waals surface area contributed by atoms with Crippen LogP contribution in [0.3, 0.4) is 0 Å². The van der Waals surface area contributed by atoms with Gasteiger partial charge >= 0.3 is 0 Å². The average molecular weight is 292 g/mol. The fraction of sp³-hybridized carbons (Fsp3) is 0.316. The molecule has 22 heavy (non-hydrogen) atoms. The molecule has 2 aromatic rings. The van der Waals surface area contributed by atoms with Crippen molar-refractivity contribution in [3.8, 4) is 0 Å². The van der Waals surface area contributed by atoms with Gasteiger partial charge in [-0.3, -0.25) is 4.79 Å². The van der Waals surface area contributed by atoms with Crippen LogP contribution in [0.25, 0.3) is 11.6 Å². The molecule has 2 aliphatic rings. The van der Waals surface area contributed by atoms with Crippen molar-refractivity contribution in [1.29, 1.82) is 0 Å². The normalized spacial score (nSPS) is 19.1. The van der Waals surface area contributed by atoms with E-state index in [1.54, 1.807) is 4.90 Å². The summed E-state index contributed by atoms with van der Waals surface area (Å²) >= 11 is 0.